The van der Waals surface area contributed by atoms with Crippen LogP contribution in [-0.2, 0) is 0 Å². The van der Waals surface area contributed by atoms with Crippen LogP contribution in [0.3, 0.4) is 0 Å². The second-order valence-corrected chi connectivity index (χ2v) is 4.06. The van der Waals surface area contributed by atoms with Crippen LogP contribution in [0.4, 0.5) is 13.2 Å². The Hall–Kier alpha value is -0.250. The van der Waals surface area contributed by atoms with Crippen LogP contribution >= 0.6 is 0 Å². The van der Waals surface area contributed by atoms with Gasteiger partial charge in [0.05, 0.1) is 6.42 Å². The molecule has 0 aliphatic heterocycles. The molecular weight excluding hydrogens is 167 g/mol. The predicted molar refractivity (Wildman–Crippen MR) is 40.9 cm³/mol. The Morgan fingerprint density at radius 3 is 2.25 bits per heavy atom. The molecule has 4 heteroatoms. The van der Waals surface area contributed by atoms with Gasteiger partial charge in [0.15, 0.2) is 0 Å². The molecular formula is C8H14F3N. The van der Waals surface area contributed by atoms with E-state index in [9.17, 15) is 13.2 Å². The molecule has 0 aromatic rings. The average Bonchev–Trinajstić information content (AvgIpc) is 2.36. The van der Waals surface area contributed by atoms with Crippen LogP contribution in [0.15, 0.2) is 0 Å². The third kappa shape index (κ3) is 3.01. The molecule has 1 unspecified atom stereocenters. The van der Waals surface area contributed by atoms with Crippen molar-refractivity contribution in [2.24, 2.45) is 5.41 Å². The van der Waals surface area contributed by atoms with Gasteiger partial charge in [0.1, 0.15) is 0 Å². The zero-order valence-corrected chi connectivity index (χ0v) is 7.33. The molecule has 1 aliphatic rings. The molecule has 0 bridgehead atoms. The van der Waals surface area contributed by atoms with Crippen molar-refractivity contribution in [2.75, 3.05) is 6.54 Å². The molecule has 0 aromatic heterocycles. The van der Waals surface area contributed by atoms with Gasteiger partial charge in [-0.15, -0.1) is 0 Å². The third-order valence-electron chi connectivity index (χ3n) is 2.31. The van der Waals surface area contributed by atoms with Gasteiger partial charge >= 0.3 is 6.18 Å². The van der Waals surface area contributed by atoms with Gasteiger partial charge in [-0.1, -0.05) is 13.8 Å². The van der Waals surface area contributed by atoms with E-state index in [4.69, 9.17) is 0 Å². The lowest BCUT2D eigenvalue weighted by Gasteiger charge is -2.08. The third-order valence-corrected chi connectivity index (χ3v) is 2.31. The van der Waals surface area contributed by atoms with Crippen LogP contribution in [0.5, 0.6) is 0 Å². The van der Waals surface area contributed by atoms with E-state index >= 15 is 0 Å². The van der Waals surface area contributed by atoms with Gasteiger partial charge in [0.25, 0.3) is 0 Å². The van der Waals surface area contributed by atoms with E-state index in [1.165, 1.54) is 0 Å². The lowest BCUT2D eigenvalue weighted by Crippen LogP contribution is -2.25. The summed E-state index contributed by atoms with van der Waals surface area (Å²) >= 11 is 0. The molecule has 1 nitrogen and oxygen atoms in total. The Morgan fingerprint density at radius 1 is 1.42 bits per heavy atom. The topological polar surface area (TPSA) is 12.0 Å². The molecule has 0 aromatic carbocycles. The van der Waals surface area contributed by atoms with E-state index in [0.717, 1.165) is 6.42 Å². The van der Waals surface area contributed by atoms with Crippen molar-refractivity contribution in [3.63, 3.8) is 0 Å². The van der Waals surface area contributed by atoms with Crippen molar-refractivity contribution in [2.45, 2.75) is 38.9 Å². The van der Waals surface area contributed by atoms with Crippen molar-refractivity contribution >= 4 is 0 Å². The van der Waals surface area contributed by atoms with Gasteiger partial charge in [-0.05, 0) is 11.8 Å². The predicted octanol–water partition coefficient (Wildman–Crippen LogP) is 2.33. The van der Waals surface area contributed by atoms with Crippen molar-refractivity contribution in [3.05, 3.63) is 0 Å². The standard InChI is InChI=1S/C8H14F3N/c1-7(2)5-6(7)12-4-3-8(9,10)11/h6,12H,3-5H2,1-2H3. The van der Waals surface area contributed by atoms with Crippen molar-refractivity contribution in [3.8, 4) is 0 Å². The molecule has 0 heterocycles. The Bertz CT molecular complexity index is 162. The molecule has 72 valence electrons. The van der Waals surface area contributed by atoms with Gasteiger partial charge in [-0.3, -0.25) is 0 Å². The van der Waals surface area contributed by atoms with Gasteiger partial charge in [-0.25, -0.2) is 0 Å². The van der Waals surface area contributed by atoms with Crippen LogP contribution in [0.2, 0.25) is 0 Å². The first-order valence-corrected chi connectivity index (χ1v) is 4.11. The Morgan fingerprint density at radius 2 is 1.92 bits per heavy atom. The maximum Gasteiger partial charge on any atom is 0.390 e. The highest BCUT2D eigenvalue weighted by Gasteiger charge is 2.45. The van der Waals surface area contributed by atoms with Gasteiger partial charge in [0.2, 0.25) is 0 Å². The molecule has 1 N–H and O–H groups in total. The minimum atomic E-state index is -4.02. The summed E-state index contributed by atoms with van der Waals surface area (Å²) in [6, 6.07) is 0.292. The number of alkyl halides is 3. The monoisotopic (exact) mass is 181 g/mol. The highest BCUT2D eigenvalue weighted by molar-refractivity contribution is 5.01. The molecule has 12 heavy (non-hydrogen) atoms. The minimum Gasteiger partial charge on any atom is -0.313 e. The smallest absolute Gasteiger partial charge is 0.313 e. The Labute approximate surface area is 70.3 Å². The Kier molecular flexibility index (Phi) is 2.38. The van der Waals surface area contributed by atoms with Crippen molar-refractivity contribution in [1.82, 2.24) is 5.32 Å². The molecule has 0 saturated heterocycles. The number of nitrogens with one attached hydrogen (secondary N) is 1. The van der Waals surface area contributed by atoms with E-state index in [1.807, 2.05) is 0 Å². The molecule has 0 spiro atoms. The molecule has 1 rings (SSSR count). The van der Waals surface area contributed by atoms with Crippen molar-refractivity contribution in [1.29, 1.82) is 0 Å². The summed E-state index contributed by atoms with van der Waals surface area (Å²) in [5.41, 5.74) is 0.214. The molecule has 1 atom stereocenters. The summed E-state index contributed by atoms with van der Waals surface area (Å²) in [5, 5.41) is 2.88. The van der Waals surface area contributed by atoms with E-state index in [0.29, 0.717) is 6.04 Å². The summed E-state index contributed by atoms with van der Waals surface area (Å²) in [5.74, 6) is 0. The van der Waals surface area contributed by atoms with Crippen LogP contribution in [-0.4, -0.2) is 18.8 Å². The van der Waals surface area contributed by atoms with Crippen LogP contribution < -0.4 is 5.32 Å². The summed E-state index contributed by atoms with van der Waals surface area (Å²) in [7, 11) is 0. The zero-order chi connectivity index (χ0) is 9.41. The second-order valence-electron chi connectivity index (χ2n) is 4.06. The van der Waals surface area contributed by atoms with Crippen LogP contribution in [0.25, 0.3) is 0 Å². The molecule has 1 aliphatic carbocycles. The largest absolute Gasteiger partial charge is 0.390 e. The quantitative estimate of drug-likeness (QED) is 0.704. The molecule has 0 radical (unpaired) electrons. The first-order chi connectivity index (χ1) is 5.31. The summed E-state index contributed by atoms with van der Waals surface area (Å²) in [6.07, 6.45) is -3.75. The number of hydrogen-bond donors (Lipinski definition) is 1. The maximum atomic E-state index is 11.7. The van der Waals surface area contributed by atoms with Gasteiger partial charge in [0, 0.05) is 12.6 Å². The maximum absolute atomic E-state index is 11.7. The number of hydrogen-bond acceptors (Lipinski definition) is 1. The SMILES string of the molecule is CC1(C)CC1NCCC(F)(F)F. The van der Waals surface area contributed by atoms with Gasteiger partial charge < -0.3 is 5.32 Å². The lowest BCUT2D eigenvalue weighted by molar-refractivity contribution is -0.133. The van der Waals surface area contributed by atoms with Crippen LogP contribution in [0.1, 0.15) is 26.7 Å². The fourth-order valence-corrected chi connectivity index (χ4v) is 1.20. The van der Waals surface area contributed by atoms with Crippen LogP contribution in [0, 0.1) is 5.41 Å². The second kappa shape index (κ2) is 2.91. The highest BCUT2D eigenvalue weighted by atomic mass is 19.4. The van der Waals surface area contributed by atoms with Crippen molar-refractivity contribution < 1.29 is 13.2 Å². The van der Waals surface area contributed by atoms with E-state index in [-0.39, 0.29) is 12.0 Å². The number of rotatable bonds is 3. The van der Waals surface area contributed by atoms with E-state index in [1.54, 1.807) is 0 Å². The molecule has 0 amide bonds. The summed E-state index contributed by atoms with van der Waals surface area (Å²) < 4.78 is 35.0. The van der Waals surface area contributed by atoms with Gasteiger partial charge in [-0.2, -0.15) is 13.2 Å². The first-order valence-electron chi connectivity index (χ1n) is 4.11. The lowest BCUT2D eigenvalue weighted by atomic mass is 10.2. The number of halogens is 3. The zero-order valence-electron chi connectivity index (χ0n) is 7.33. The molecule has 1 saturated carbocycles. The highest BCUT2D eigenvalue weighted by Crippen LogP contribution is 2.44. The average molecular weight is 181 g/mol. The normalized spacial score (nSPS) is 27.2. The summed E-state index contributed by atoms with van der Waals surface area (Å²) in [6.45, 7) is 4.16. The molecule has 1 fully saturated rings. The summed E-state index contributed by atoms with van der Waals surface area (Å²) in [4.78, 5) is 0. The fourth-order valence-electron chi connectivity index (χ4n) is 1.20. The first kappa shape index (κ1) is 9.84. The minimum absolute atomic E-state index is 0.0532. The fraction of sp³-hybridized carbons (Fsp3) is 1.00. The van der Waals surface area contributed by atoms with E-state index < -0.39 is 12.6 Å². The van der Waals surface area contributed by atoms with E-state index in [2.05, 4.69) is 19.2 Å². The Balaban J connectivity index is 2.05.